The first kappa shape index (κ1) is 22.8. The molecule has 3 aromatic rings. The van der Waals surface area contributed by atoms with E-state index in [1.807, 2.05) is 59.4 Å². The van der Waals surface area contributed by atoms with Gasteiger partial charge in [0.15, 0.2) is 0 Å². The quantitative estimate of drug-likeness (QED) is 0.560. The minimum absolute atomic E-state index is 0.0876. The number of nitrogens with one attached hydrogen (secondary N) is 1. The second kappa shape index (κ2) is 11.0. The maximum absolute atomic E-state index is 13.5. The number of aromatic nitrogens is 2. The Hall–Kier alpha value is -3.00. The topological polar surface area (TPSA) is 68.6 Å². The summed E-state index contributed by atoms with van der Waals surface area (Å²) in [5.41, 5.74) is 3.39. The molecule has 0 saturated carbocycles. The van der Waals surface area contributed by atoms with Gasteiger partial charge >= 0.3 is 0 Å². The van der Waals surface area contributed by atoms with Crippen LogP contribution in [-0.4, -0.2) is 72.7 Å². The molecule has 2 aromatic carbocycles. The second-order valence-corrected chi connectivity index (χ2v) is 8.99. The lowest BCUT2D eigenvalue weighted by Crippen LogP contribution is -2.52. The first-order valence-electron chi connectivity index (χ1n) is 12.1. The Kier molecular flexibility index (Phi) is 7.34. The van der Waals surface area contributed by atoms with Crippen molar-refractivity contribution in [1.29, 1.82) is 0 Å². The van der Waals surface area contributed by atoms with E-state index in [4.69, 9.17) is 14.6 Å². The molecule has 2 aliphatic heterocycles. The lowest BCUT2D eigenvalue weighted by molar-refractivity contribution is 0.00166. The van der Waals surface area contributed by atoms with Crippen molar-refractivity contribution in [2.45, 2.75) is 19.0 Å². The maximum atomic E-state index is 13.5. The highest BCUT2D eigenvalue weighted by molar-refractivity contribution is 5.99. The van der Waals surface area contributed by atoms with E-state index < -0.39 is 0 Å². The van der Waals surface area contributed by atoms with E-state index in [1.54, 1.807) is 0 Å². The fourth-order valence-corrected chi connectivity index (χ4v) is 4.90. The van der Waals surface area contributed by atoms with Crippen molar-refractivity contribution < 1.29 is 14.3 Å². The van der Waals surface area contributed by atoms with Crippen LogP contribution in [0.25, 0.3) is 11.3 Å². The molecule has 2 fully saturated rings. The molecule has 0 spiro atoms. The Morgan fingerprint density at radius 2 is 1.74 bits per heavy atom. The van der Waals surface area contributed by atoms with Crippen molar-refractivity contribution in [2.75, 3.05) is 46.1 Å². The summed E-state index contributed by atoms with van der Waals surface area (Å²) in [4.78, 5) is 15.9. The maximum Gasteiger partial charge on any atom is 0.255 e. The van der Waals surface area contributed by atoms with Gasteiger partial charge in [-0.3, -0.25) is 14.4 Å². The molecule has 0 radical (unpaired) electrons. The molecular weight excluding hydrogens is 428 g/mol. The monoisotopic (exact) mass is 460 g/mol. The number of amides is 1. The summed E-state index contributed by atoms with van der Waals surface area (Å²) in [7, 11) is 0. The van der Waals surface area contributed by atoms with Crippen molar-refractivity contribution in [3.05, 3.63) is 78.0 Å². The highest BCUT2D eigenvalue weighted by Crippen LogP contribution is 2.24. The zero-order valence-electron chi connectivity index (χ0n) is 19.4. The van der Waals surface area contributed by atoms with Crippen LogP contribution in [0.2, 0.25) is 0 Å². The first-order valence-corrected chi connectivity index (χ1v) is 12.1. The number of ether oxygens (including phenoxy) is 2. The number of benzene rings is 2. The van der Waals surface area contributed by atoms with Gasteiger partial charge in [-0.15, -0.1) is 0 Å². The molecule has 0 bridgehead atoms. The molecule has 2 saturated heterocycles. The molecule has 178 valence electrons. The third-order valence-electron chi connectivity index (χ3n) is 6.74. The third kappa shape index (κ3) is 5.38. The molecule has 34 heavy (non-hydrogen) atoms. The molecule has 3 heterocycles. The normalized spacial score (nSPS) is 19.7. The standard InChI is InChI=1S/C27H32N4O3/c32-27(28-17-25(23-11-14-34-20-23)30-12-15-33-16-13-30)24-19-31(18-21-7-3-1-4-8-21)29-26(24)22-9-5-2-6-10-22/h1-10,19,23,25H,11-18,20H2,(H,28,32). The summed E-state index contributed by atoms with van der Waals surface area (Å²) in [6.07, 6.45) is 2.90. The van der Waals surface area contributed by atoms with Crippen LogP contribution in [0.4, 0.5) is 0 Å². The Labute approximate surface area is 200 Å². The average Bonchev–Trinajstić information content (AvgIpc) is 3.57. The zero-order valence-corrected chi connectivity index (χ0v) is 19.4. The van der Waals surface area contributed by atoms with Crippen molar-refractivity contribution in [2.24, 2.45) is 5.92 Å². The predicted octanol–water partition coefficient (Wildman–Crippen LogP) is 3.07. The van der Waals surface area contributed by atoms with Gasteiger partial charge in [0.1, 0.15) is 5.69 Å². The van der Waals surface area contributed by atoms with Crippen molar-refractivity contribution in [3.63, 3.8) is 0 Å². The van der Waals surface area contributed by atoms with Crippen LogP contribution in [0.15, 0.2) is 66.9 Å². The van der Waals surface area contributed by atoms with E-state index >= 15 is 0 Å². The Balaban J connectivity index is 1.36. The number of rotatable bonds is 8. The van der Waals surface area contributed by atoms with Crippen LogP contribution in [0, 0.1) is 5.92 Å². The highest BCUT2D eigenvalue weighted by atomic mass is 16.5. The summed E-state index contributed by atoms with van der Waals surface area (Å²) in [5.74, 6) is 0.336. The molecule has 1 aromatic heterocycles. The lowest BCUT2D eigenvalue weighted by atomic mass is 9.96. The first-order chi connectivity index (χ1) is 16.8. The van der Waals surface area contributed by atoms with Crippen LogP contribution >= 0.6 is 0 Å². The van der Waals surface area contributed by atoms with E-state index in [9.17, 15) is 4.79 Å². The molecule has 2 unspecified atom stereocenters. The van der Waals surface area contributed by atoms with E-state index in [-0.39, 0.29) is 11.9 Å². The van der Waals surface area contributed by atoms with Crippen LogP contribution in [0.1, 0.15) is 22.3 Å². The number of hydrogen-bond acceptors (Lipinski definition) is 5. The van der Waals surface area contributed by atoms with Crippen LogP contribution in [-0.2, 0) is 16.0 Å². The predicted molar refractivity (Wildman–Crippen MR) is 131 cm³/mol. The van der Waals surface area contributed by atoms with E-state index in [1.165, 1.54) is 0 Å². The van der Waals surface area contributed by atoms with Gasteiger partial charge < -0.3 is 14.8 Å². The fraction of sp³-hybridized carbons (Fsp3) is 0.407. The van der Waals surface area contributed by atoms with E-state index in [2.05, 4.69) is 22.3 Å². The van der Waals surface area contributed by atoms with E-state index in [0.717, 1.165) is 57.1 Å². The average molecular weight is 461 g/mol. The van der Waals surface area contributed by atoms with Gasteiger partial charge in [-0.1, -0.05) is 60.7 Å². The lowest BCUT2D eigenvalue weighted by Gasteiger charge is -2.37. The second-order valence-electron chi connectivity index (χ2n) is 8.99. The van der Waals surface area contributed by atoms with Gasteiger partial charge in [0.2, 0.25) is 0 Å². The minimum atomic E-state index is -0.0876. The summed E-state index contributed by atoms with van der Waals surface area (Å²) < 4.78 is 13.1. The summed E-state index contributed by atoms with van der Waals surface area (Å²) in [5, 5.41) is 8.03. The molecule has 1 amide bonds. The van der Waals surface area contributed by atoms with E-state index in [0.29, 0.717) is 30.3 Å². The molecule has 2 atom stereocenters. The number of nitrogens with zero attached hydrogens (tertiary/aromatic N) is 3. The van der Waals surface area contributed by atoms with Gasteiger partial charge in [0.05, 0.1) is 31.9 Å². The number of hydrogen-bond donors (Lipinski definition) is 1. The number of carbonyl (C=O) groups excluding carboxylic acids is 1. The molecule has 0 aliphatic carbocycles. The third-order valence-corrected chi connectivity index (χ3v) is 6.74. The molecule has 7 nitrogen and oxygen atoms in total. The largest absolute Gasteiger partial charge is 0.381 e. The Morgan fingerprint density at radius 1 is 1.00 bits per heavy atom. The molecule has 1 N–H and O–H groups in total. The summed E-state index contributed by atoms with van der Waals surface area (Å²) >= 11 is 0. The zero-order chi connectivity index (χ0) is 23.2. The molecule has 5 rings (SSSR count). The molecule has 7 heteroatoms. The molecular formula is C27H32N4O3. The SMILES string of the molecule is O=C(NCC(C1CCOC1)N1CCOCC1)c1cn(Cc2ccccc2)nc1-c1ccccc1. The van der Waals surface area contributed by atoms with Gasteiger partial charge in [0, 0.05) is 50.0 Å². The van der Waals surface area contributed by atoms with Gasteiger partial charge in [-0.2, -0.15) is 5.10 Å². The number of morpholine rings is 1. The van der Waals surface area contributed by atoms with Crippen molar-refractivity contribution >= 4 is 5.91 Å². The smallest absolute Gasteiger partial charge is 0.255 e. The number of carbonyl (C=O) groups is 1. The Bertz CT molecular complexity index is 1060. The summed E-state index contributed by atoms with van der Waals surface area (Å²) in [6.45, 7) is 6.01. The van der Waals surface area contributed by atoms with Crippen molar-refractivity contribution in [1.82, 2.24) is 20.0 Å². The van der Waals surface area contributed by atoms with Crippen LogP contribution in [0.3, 0.4) is 0 Å². The van der Waals surface area contributed by atoms with Crippen molar-refractivity contribution in [3.8, 4) is 11.3 Å². The fourth-order valence-electron chi connectivity index (χ4n) is 4.90. The minimum Gasteiger partial charge on any atom is -0.381 e. The highest BCUT2D eigenvalue weighted by Gasteiger charge is 2.32. The van der Waals surface area contributed by atoms with Gasteiger partial charge in [-0.05, 0) is 12.0 Å². The Morgan fingerprint density at radius 3 is 2.44 bits per heavy atom. The van der Waals surface area contributed by atoms with Gasteiger partial charge in [-0.25, -0.2) is 0 Å². The van der Waals surface area contributed by atoms with Crippen LogP contribution < -0.4 is 5.32 Å². The molecule has 2 aliphatic rings. The summed E-state index contributed by atoms with van der Waals surface area (Å²) in [6, 6.07) is 20.3. The van der Waals surface area contributed by atoms with Crippen LogP contribution in [0.5, 0.6) is 0 Å². The van der Waals surface area contributed by atoms with Gasteiger partial charge in [0.25, 0.3) is 5.91 Å².